The quantitative estimate of drug-likeness (QED) is 0.568. The van der Waals surface area contributed by atoms with E-state index in [1.165, 1.54) is 33.1 Å². The van der Waals surface area contributed by atoms with Crippen molar-refractivity contribution >= 4 is 28.4 Å². The molecule has 0 saturated carbocycles. The third-order valence-corrected chi connectivity index (χ3v) is 5.24. The van der Waals surface area contributed by atoms with Crippen LogP contribution < -0.4 is 5.32 Å². The van der Waals surface area contributed by atoms with Crippen molar-refractivity contribution < 1.29 is 0 Å². The summed E-state index contributed by atoms with van der Waals surface area (Å²) in [7, 11) is 0. The molecule has 0 amide bonds. The van der Waals surface area contributed by atoms with Crippen LogP contribution in [-0.2, 0) is 6.42 Å². The van der Waals surface area contributed by atoms with E-state index >= 15 is 0 Å². The van der Waals surface area contributed by atoms with Crippen LogP contribution in [0, 0.1) is 10.5 Å². The average molecular weight is 429 g/mol. The van der Waals surface area contributed by atoms with Gasteiger partial charge in [-0.15, -0.1) is 0 Å². The molecule has 2 heterocycles. The molecule has 0 aliphatic carbocycles. The zero-order valence-electron chi connectivity index (χ0n) is 13.7. The van der Waals surface area contributed by atoms with Gasteiger partial charge in [0, 0.05) is 21.2 Å². The maximum absolute atomic E-state index is 4.99. The molecule has 0 bridgehead atoms. The molecule has 24 heavy (non-hydrogen) atoms. The average Bonchev–Trinajstić information content (AvgIpc) is 2.78. The second kappa shape index (κ2) is 6.59. The Bertz CT molecular complexity index is 778. The van der Waals surface area contributed by atoms with Crippen LogP contribution in [0.4, 0.5) is 5.82 Å². The van der Waals surface area contributed by atoms with Crippen LogP contribution in [0.3, 0.4) is 0 Å². The number of nitrogens with one attached hydrogen (secondary N) is 1. The van der Waals surface area contributed by atoms with Gasteiger partial charge in [-0.25, -0.2) is 4.68 Å². The second-order valence-electron chi connectivity index (χ2n) is 6.31. The van der Waals surface area contributed by atoms with E-state index in [0.29, 0.717) is 0 Å². The molecule has 0 spiro atoms. The Labute approximate surface area is 156 Å². The van der Waals surface area contributed by atoms with E-state index in [1.807, 2.05) is 0 Å². The molecule has 3 aromatic rings. The van der Waals surface area contributed by atoms with Crippen LogP contribution in [0.1, 0.15) is 24.0 Å². The minimum absolute atomic E-state index is 1.01. The summed E-state index contributed by atoms with van der Waals surface area (Å²) >= 11 is 2.34. The van der Waals surface area contributed by atoms with E-state index in [4.69, 9.17) is 5.10 Å². The zero-order chi connectivity index (χ0) is 16.5. The van der Waals surface area contributed by atoms with Gasteiger partial charge in [0.05, 0.1) is 11.4 Å². The number of hydrogen-bond acceptors (Lipinski definition) is 2. The Morgan fingerprint density at radius 2 is 1.75 bits per heavy atom. The van der Waals surface area contributed by atoms with Gasteiger partial charge in [0.25, 0.3) is 0 Å². The van der Waals surface area contributed by atoms with Crippen molar-refractivity contribution in [3.8, 4) is 16.9 Å². The fraction of sp³-hybridized carbons (Fsp3) is 0.250. The normalized spacial score (nSPS) is 13.9. The summed E-state index contributed by atoms with van der Waals surface area (Å²) in [6, 6.07) is 17.2. The second-order valence-corrected chi connectivity index (χ2v) is 7.56. The van der Waals surface area contributed by atoms with Gasteiger partial charge in [-0.05, 0) is 73.0 Å². The van der Waals surface area contributed by atoms with E-state index < -0.39 is 0 Å². The molecule has 0 radical (unpaired) electrons. The summed E-state index contributed by atoms with van der Waals surface area (Å²) in [5, 5.41) is 8.59. The van der Waals surface area contributed by atoms with Crippen molar-refractivity contribution in [1.29, 1.82) is 0 Å². The summed E-state index contributed by atoms with van der Waals surface area (Å²) in [6.45, 7) is 3.12. The SMILES string of the molecule is Cc1ccc(-n2nc(-c3ccc(I)cc3)c3c2NCCCC3)cc1. The number of anilines is 1. The largest absolute Gasteiger partial charge is 0.370 e. The van der Waals surface area contributed by atoms with Crippen molar-refractivity contribution in [2.45, 2.75) is 26.2 Å². The molecule has 0 atom stereocenters. The van der Waals surface area contributed by atoms with Gasteiger partial charge in [-0.3, -0.25) is 0 Å². The summed E-state index contributed by atoms with van der Waals surface area (Å²) in [5.74, 6) is 1.16. The molecule has 0 fully saturated rings. The highest BCUT2D eigenvalue weighted by molar-refractivity contribution is 14.1. The molecule has 4 rings (SSSR count). The molecule has 1 N–H and O–H groups in total. The van der Waals surface area contributed by atoms with Gasteiger partial charge < -0.3 is 5.32 Å². The lowest BCUT2D eigenvalue weighted by atomic mass is 10.0. The Kier molecular flexibility index (Phi) is 4.31. The lowest BCUT2D eigenvalue weighted by Crippen LogP contribution is -2.07. The first kappa shape index (κ1) is 15.7. The first-order valence-electron chi connectivity index (χ1n) is 8.41. The van der Waals surface area contributed by atoms with E-state index in [1.54, 1.807) is 0 Å². The van der Waals surface area contributed by atoms with Gasteiger partial charge in [0.1, 0.15) is 5.82 Å². The number of hydrogen-bond donors (Lipinski definition) is 1. The topological polar surface area (TPSA) is 29.9 Å². The molecule has 0 unspecified atom stereocenters. The van der Waals surface area contributed by atoms with Crippen LogP contribution in [0.15, 0.2) is 48.5 Å². The van der Waals surface area contributed by atoms with Gasteiger partial charge in [0.15, 0.2) is 0 Å². The fourth-order valence-electron chi connectivity index (χ4n) is 3.21. The molecular weight excluding hydrogens is 409 g/mol. The van der Waals surface area contributed by atoms with Gasteiger partial charge in [0.2, 0.25) is 0 Å². The molecule has 1 aliphatic heterocycles. The molecule has 2 aromatic carbocycles. The van der Waals surface area contributed by atoms with Crippen molar-refractivity contribution in [3.05, 3.63) is 63.2 Å². The zero-order valence-corrected chi connectivity index (χ0v) is 15.9. The van der Waals surface area contributed by atoms with Gasteiger partial charge in [-0.2, -0.15) is 5.10 Å². The molecule has 0 saturated heterocycles. The molecule has 1 aromatic heterocycles. The monoisotopic (exact) mass is 429 g/mol. The molecule has 3 nitrogen and oxygen atoms in total. The van der Waals surface area contributed by atoms with Crippen molar-refractivity contribution in [2.24, 2.45) is 0 Å². The molecular formula is C20H20IN3. The van der Waals surface area contributed by atoms with E-state index in [-0.39, 0.29) is 0 Å². The minimum Gasteiger partial charge on any atom is -0.370 e. The Hall–Kier alpha value is -1.82. The van der Waals surface area contributed by atoms with Crippen molar-refractivity contribution in [3.63, 3.8) is 0 Å². The van der Waals surface area contributed by atoms with Crippen LogP contribution in [-0.4, -0.2) is 16.3 Å². The van der Waals surface area contributed by atoms with Gasteiger partial charge in [-0.1, -0.05) is 29.8 Å². The van der Waals surface area contributed by atoms with Crippen LogP contribution in [0.25, 0.3) is 16.9 Å². The van der Waals surface area contributed by atoms with Gasteiger partial charge >= 0.3 is 0 Å². The van der Waals surface area contributed by atoms with Crippen molar-refractivity contribution in [2.75, 3.05) is 11.9 Å². The molecule has 122 valence electrons. The number of aryl methyl sites for hydroxylation is 1. The highest BCUT2D eigenvalue weighted by Gasteiger charge is 2.21. The lowest BCUT2D eigenvalue weighted by molar-refractivity contribution is 0.780. The number of aromatic nitrogens is 2. The number of fused-ring (bicyclic) bond motifs is 1. The van der Waals surface area contributed by atoms with Crippen LogP contribution in [0.2, 0.25) is 0 Å². The first-order valence-corrected chi connectivity index (χ1v) is 9.49. The highest BCUT2D eigenvalue weighted by atomic mass is 127. The Balaban J connectivity index is 1.88. The lowest BCUT2D eigenvalue weighted by Gasteiger charge is -2.09. The van der Waals surface area contributed by atoms with E-state index in [0.717, 1.165) is 30.2 Å². The Morgan fingerprint density at radius 3 is 2.50 bits per heavy atom. The molecule has 1 aliphatic rings. The minimum atomic E-state index is 1.01. The summed E-state index contributed by atoms with van der Waals surface area (Å²) < 4.78 is 3.33. The molecule has 4 heteroatoms. The number of nitrogens with zero attached hydrogens (tertiary/aromatic N) is 2. The third-order valence-electron chi connectivity index (χ3n) is 4.53. The summed E-state index contributed by atoms with van der Waals surface area (Å²) in [6.07, 6.45) is 3.49. The predicted octanol–water partition coefficient (Wildman–Crippen LogP) is 5.20. The maximum Gasteiger partial charge on any atom is 0.133 e. The highest BCUT2D eigenvalue weighted by Crippen LogP contribution is 2.34. The smallest absolute Gasteiger partial charge is 0.133 e. The Morgan fingerprint density at radius 1 is 1.00 bits per heavy atom. The van der Waals surface area contributed by atoms with Crippen LogP contribution in [0.5, 0.6) is 0 Å². The fourth-order valence-corrected chi connectivity index (χ4v) is 3.57. The van der Waals surface area contributed by atoms with Crippen LogP contribution >= 0.6 is 22.6 Å². The number of halogens is 1. The number of benzene rings is 2. The maximum atomic E-state index is 4.99. The first-order chi connectivity index (χ1) is 11.7. The standard InChI is InChI=1S/C20H20IN3/c1-14-5-11-17(12-6-14)24-20-18(4-2-3-13-22-20)19(23-24)15-7-9-16(21)10-8-15/h5-12,22H,2-4,13H2,1H3. The van der Waals surface area contributed by atoms with E-state index in [2.05, 4.69) is 88.0 Å². The predicted molar refractivity (Wildman–Crippen MR) is 108 cm³/mol. The summed E-state index contributed by atoms with van der Waals surface area (Å²) in [5.41, 5.74) is 6.03. The van der Waals surface area contributed by atoms with Crippen molar-refractivity contribution in [1.82, 2.24) is 9.78 Å². The number of rotatable bonds is 2. The van der Waals surface area contributed by atoms with E-state index in [9.17, 15) is 0 Å². The third kappa shape index (κ3) is 2.95. The summed E-state index contributed by atoms with van der Waals surface area (Å²) in [4.78, 5) is 0.